The van der Waals surface area contributed by atoms with Crippen molar-refractivity contribution in [1.82, 2.24) is 0 Å². The van der Waals surface area contributed by atoms with E-state index in [0.29, 0.717) is 0 Å². The van der Waals surface area contributed by atoms with Crippen LogP contribution < -0.4 is 11.5 Å². The smallest absolute Gasteiger partial charge is 0.264 e. The van der Waals surface area contributed by atoms with E-state index in [1.807, 2.05) is 0 Å². The average molecular weight is 210 g/mol. The van der Waals surface area contributed by atoms with Crippen LogP contribution in [0.5, 0.6) is 0 Å². The van der Waals surface area contributed by atoms with Gasteiger partial charge in [0, 0.05) is 0 Å². The molecule has 0 aliphatic heterocycles. The highest BCUT2D eigenvalue weighted by Crippen LogP contribution is 2.07. The van der Waals surface area contributed by atoms with Crippen molar-refractivity contribution < 1.29 is 17.4 Å². The van der Waals surface area contributed by atoms with Crippen molar-refractivity contribution >= 4 is 16.0 Å². The molecule has 0 saturated heterocycles. The van der Waals surface area contributed by atoms with Gasteiger partial charge in [-0.2, -0.15) is 8.42 Å². The summed E-state index contributed by atoms with van der Waals surface area (Å²) < 4.78 is 25.6. The standard InChI is InChI=1S/C6H14N2O4S/c1-3-6(8,5(7)9)4-12-13(2,10)11/h3-4,8H2,1-2H3,(H2,7,9). The lowest BCUT2D eigenvalue weighted by Gasteiger charge is -2.22. The molecule has 0 aliphatic rings. The van der Waals surface area contributed by atoms with Gasteiger partial charge in [0.1, 0.15) is 5.54 Å². The number of carbonyl (C=O) groups is 1. The zero-order valence-corrected chi connectivity index (χ0v) is 8.43. The lowest BCUT2D eigenvalue weighted by molar-refractivity contribution is -0.124. The summed E-state index contributed by atoms with van der Waals surface area (Å²) in [6.07, 6.45) is 1.10. The van der Waals surface area contributed by atoms with Crippen molar-refractivity contribution in [3.63, 3.8) is 0 Å². The molecule has 0 heterocycles. The summed E-state index contributed by atoms with van der Waals surface area (Å²) in [4.78, 5) is 10.8. The van der Waals surface area contributed by atoms with Gasteiger partial charge >= 0.3 is 0 Å². The molecule has 78 valence electrons. The Bertz CT molecular complexity index is 287. The van der Waals surface area contributed by atoms with Gasteiger partial charge in [-0.3, -0.25) is 8.98 Å². The summed E-state index contributed by atoms with van der Waals surface area (Å²) in [5.41, 5.74) is 9.04. The summed E-state index contributed by atoms with van der Waals surface area (Å²) in [6.45, 7) is 1.20. The normalized spacial score (nSPS) is 16.5. The fourth-order valence-corrected chi connectivity index (χ4v) is 0.984. The Balaban J connectivity index is 4.39. The molecule has 0 aromatic rings. The Kier molecular flexibility index (Phi) is 3.83. The van der Waals surface area contributed by atoms with Crippen LogP contribution in [0.4, 0.5) is 0 Å². The lowest BCUT2D eigenvalue weighted by atomic mass is 9.98. The van der Waals surface area contributed by atoms with Crippen molar-refractivity contribution in [2.45, 2.75) is 18.9 Å². The number of carbonyl (C=O) groups excluding carboxylic acids is 1. The molecule has 0 aromatic carbocycles. The fraction of sp³-hybridized carbons (Fsp3) is 0.833. The maximum absolute atomic E-state index is 10.8. The third-order valence-electron chi connectivity index (χ3n) is 1.65. The fourth-order valence-electron chi connectivity index (χ4n) is 0.560. The largest absolute Gasteiger partial charge is 0.368 e. The Hall–Kier alpha value is -0.660. The SMILES string of the molecule is CCC(N)(COS(C)(=O)=O)C(N)=O. The molecule has 1 atom stereocenters. The zero-order valence-electron chi connectivity index (χ0n) is 7.61. The first-order valence-corrected chi connectivity index (χ1v) is 5.46. The predicted octanol–water partition coefficient (Wildman–Crippen LogP) is -1.44. The van der Waals surface area contributed by atoms with Crippen LogP contribution in [0.3, 0.4) is 0 Å². The first-order chi connectivity index (χ1) is 5.71. The van der Waals surface area contributed by atoms with Gasteiger partial charge in [0.15, 0.2) is 0 Å². The van der Waals surface area contributed by atoms with E-state index in [1.54, 1.807) is 6.92 Å². The molecule has 1 unspecified atom stereocenters. The molecular formula is C6H14N2O4S. The first kappa shape index (κ1) is 12.3. The predicted molar refractivity (Wildman–Crippen MR) is 47.2 cm³/mol. The molecule has 13 heavy (non-hydrogen) atoms. The zero-order chi connectivity index (χ0) is 10.7. The van der Waals surface area contributed by atoms with Gasteiger partial charge in [-0.1, -0.05) is 6.92 Å². The van der Waals surface area contributed by atoms with Crippen LogP contribution >= 0.6 is 0 Å². The summed E-state index contributed by atoms with van der Waals surface area (Å²) >= 11 is 0. The molecular weight excluding hydrogens is 196 g/mol. The molecule has 0 spiro atoms. The minimum atomic E-state index is -3.59. The minimum Gasteiger partial charge on any atom is -0.368 e. The van der Waals surface area contributed by atoms with Crippen molar-refractivity contribution in [2.75, 3.05) is 12.9 Å². The van der Waals surface area contributed by atoms with Gasteiger partial charge < -0.3 is 11.5 Å². The number of nitrogens with two attached hydrogens (primary N) is 2. The van der Waals surface area contributed by atoms with Gasteiger partial charge in [-0.25, -0.2) is 0 Å². The molecule has 0 saturated carbocycles. The second kappa shape index (κ2) is 4.03. The van der Waals surface area contributed by atoms with Crippen LogP contribution in [0.25, 0.3) is 0 Å². The van der Waals surface area contributed by atoms with Crippen molar-refractivity contribution in [3.8, 4) is 0 Å². The van der Waals surface area contributed by atoms with E-state index in [1.165, 1.54) is 0 Å². The van der Waals surface area contributed by atoms with Crippen molar-refractivity contribution in [3.05, 3.63) is 0 Å². The van der Waals surface area contributed by atoms with Crippen LogP contribution in [0.15, 0.2) is 0 Å². The molecule has 0 bridgehead atoms. The Morgan fingerprint density at radius 1 is 1.54 bits per heavy atom. The van der Waals surface area contributed by atoms with Crippen LogP contribution in [-0.4, -0.2) is 32.7 Å². The average Bonchev–Trinajstić information content (AvgIpc) is 1.98. The molecule has 7 heteroatoms. The Morgan fingerprint density at radius 2 is 2.00 bits per heavy atom. The van der Waals surface area contributed by atoms with E-state index < -0.39 is 28.2 Å². The first-order valence-electron chi connectivity index (χ1n) is 3.64. The van der Waals surface area contributed by atoms with E-state index >= 15 is 0 Å². The molecule has 0 aromatic heterocycles. The topological polar surface area (TPSA) is 112 Å². The highest BCUT2D eigenvalue weighted by Gasteiger charge is 2.31. The van der Waals surface area contributed by atoms with Gasteiger partial charge in [-0.05, 0) is 6.42 Å². The summed E-state index contributed by atoms with van der Waals surface area (Å²) in [5.74, 6) is -0.779. The molecule has 6 nitrogen and oxygen atoms in total. The van der Waals surface area contributed by atoms with Crippen LogP contribution in [-0.2, 0) is 19.1 Å². The van der Waals surface area contributed by atoms with E-state index in [-0.39, 0.29) is 6.42 Å². The Morgan fingerprint density at radius 3 is 2.23 bits per heavy atom. The van der Waals surface area contributed by atoms with E-state index in [2.05, 4.69) is 4.18 Å². The molecule has 0 aliphatic carbocycles. The maximum atomic E-state index is 10.8. The molecule has 0 rings (SSSR count). The highest BCUT2D eigenvalue weighted by atomic mass is 32.2. The van der Waals surface area contributed by atoms with Crippen molar-refractivity contribution in [2.24, 2.45) is 11.5 Å². The lowest BCUT2D eigenvalue weighted by Crippen LogP contribution is -2.55. The monoisotopic (exact) mass is 210 g/mol. The van der Waals surface area contributed by atoms with E-state index in [0.717, 1.165) is 6.26 Å². The maximum Gasteiger partial charge on any atom is 0.264 e. The number of rotatable bonds is 5. The summed E-state index contributed by atoms with van der Waals surface area (Å²) in [7, 11) is -3.59. The molecule has 0 radical (unpaired) electrons. The number of hydrogen-bond donors (Lipinski definition) is 2. The number of primary amides is 1. The van der Waals surface area contributed by atoms with Gasteiger partial charge in [-0.15, -0.1) is 0 Å². The second-order valence-electron chi connectivity index (χ2n) is 2.84. The van der Waals surface area contributed by atoms with E-state index in [4.69, 9.17) is 11.5 Å². The second-order valence-corrected chi connectivity index (χ2v) is 4.48. The summed E-state index contributed by atoms with van der Waals surface area (Å²) in [5, 5.41) is 0. The number of hydrogen-bond acceptors (Lipinski definition) is 5. The Labute approximate surface area is 77.4 Å². The van der Waals surface area contributed by atoms with Crippen molar-refractivity contribution in [1.29, 1.82) is 0 Å². The molecule has 0 fully saturated rings. The molecule has 1 amide bonds. The van der Waals surface area contributed by atoms with Gasteiger partial charge in [0.05, 0.1) is 12.9 Å². The van der Waals surface area contributed by atoms with Gasteiger partial charge in [0.25, 0.3) is 10.1 Å². The third kappa shape index (κ3) is 4.20. The summed E-state index contributed by atoms with van der Waals surface area (Å²) in [6, 6.07) is 0. The highest BCUT2D eigenvalue weighted by molar-refractivity contribution is 7.85. The number of amides is 1. The van der Waals surface area contributed by atoms with Crippen LogP contribution in [0.1, 0.15) is 13.3 Å². The van der Waals surface area contributed by atoms with E-state index in [9.17, 15) is 13.2 Å². The van der Waals surface area contributed by atoms with Gasteiger partial charge in [0.2, 0.25) is 5.91 Å². The van der Waals surface area contributed by atoms with Crippen LogP contribution in [0.2, 0.25) is 0 Å². The molecule has 4 N–H and O–H groups in total. The van der Waals surface area contributed by atoms with Crippen LogP contribution in [0, 0.1) is 0 Å². The quantitative estimate of drug-likeness (QED) is 0.539. The third-order valence-corrected chi connectivity index (χ3v) is 2.20. The minimum absolute atomic E-state index is 0.220.